The van der Waals surface area contributed by atoms with Gasteiger partial charge in [-0.25, -0.2) is 0 Å². The molecule has 0 spiro atoms. The van der Waals surface area contributed by atoms with Gasteiger partial charge < -0.3 is 5.11 Å². The minimum absolute atomic E-state index is 0.151. The Balaban J connectivity index is 2.06. The SMILES string of the molecule is O=C(O)C1CC2CCC1N2C/C(Cl)=C/Cl. The molecule has 15 heavy (non-hydrogen) atoms. The molecular formula is C10H13Cl2NO2. The van der Waals surface area contributed by atoms with Crippen LogP contribution in [0, 0.1) is 5.92 Å². The third-order valence-electron chi connectivity index (χ3n) is 3.45. The Morgan fingerprint density at radius 1 is 1.53 bits per heavy atom. The maximum atomic E-state index is 11.0. The quantitative estimate of drug-likeness (QED) is 0.835. The number of rotatable bonds is 3. The predicted octanol–water partition coefficient (Wildman–Crippen LogP) is 2.24. The number of carbonyl (C=O) groups is 1. The van der Waals surface area contributed by atoms with E-state index in [0.29, 0.717) is 17.6 Å². The number of aliphatic carboxylic acids is 1. The van der Waals surface area contributed by atoms with E-state index in [9.17, 15) is 4.79 Å². The Morgan fingerprint density at radius 3 is 2.80 bits per heavy atom. The maximum Gasteiger partial charge on any atom is 0.308 e. The summed E-state index contributed by atoms with van der Waals surface area (Å²) >= 11 is 11.4. The summed E-state index contributed by atoms with van der Waals surface area (Å²) in [6.45, 7) is 0.587. The van der Waals surface area contributed by atoms with Crippen molar-refractivity contribution in [2.45, 2.75) is 31.3 Å². The smallest absolute Gasteiger partial charge is 0.308 e. The van der Waals surface area contributed by atoms with E-state index in [4.69, 9.17) is 28.3 Å². The molecule has 0 aromatic rings. The summed E-state index contributed by atoms with van der Waals surface area (Å²) in [5.74, 6) is -0.901. The first-order valence-electron chi connectivity index (χ1n) is 5.06. The highest BCUT2D eigenvalue weighted by molar-refractivity contribution is 6.36. The van der Waals surface area contributed by atoms with Gasteiger partial charge in [0.15, 0.2) is 0 Å². The standard InChI is InChI=1S/C10H13Cl2NO2/c11-4-6(12)5-13-7-1-2-9(13)8(3-7)10(14)15/h4,7-9H,1-3,5H2,(H,14,15)/b6-4-. The second kappa shape index (κ2) is 4.32. The molecule has 2 aliphatic heterocycles. The highest BCUT2D eigenvalue weighted by Gasteiger charge is 2.48. The summed E-state index contributed by atoms with van der Waals surface area (Å²) in [4.78, 5) is 13.2. The van der Waals surface area contributed by atoms with Crippen molar-refractivity contribution in [1.82, 2.24) is 4.90 Å². The van der Waals surface area contributed by atoms with E-state index < -0.39 is 5.97 Å². The van der Waals surface area contributed by atoms with Gasteiger partial charge in [-0.2, -0.15) is 0 Å². The highest BCUT2D eigenvalue weighted by atomic mass is 35.5. The number of carboxylic acids is 1. The van der Waals surface area contributed by atoms with Crippen LogP contribution in [-0.4, -0.2) is 34.6 Å². The van der Waals surface area contributed by atoms with E-state index in [2.05, 4.69) is 4.90 Å². The lowest BCUT2D eigenvalue weighted by Gasteiger charge is -2.21. The molecule has 0 saturated carbocycles. The average molecular weight is 250 g/mol. The summed E-state index contributed by atoms with van der Waals surface area (Å²) < 4.78 is 0. The Labute approximate surface area is 98.6 Å². The molecule has 2 fully saturated rings. The summed E-state index contributed by atoms with van der Waals surface area (Å²) in [6.07, 6.45) is 2.81. The molecule has 0 aromatic carbocycles. The van der Waals surface area contributed by atoms with E-state index in [1.54, 1.807) is 0 Å². The normalized spacial score (nSPS) is 36.1. The van der Waals surface area contributed by atoms with Crippen LogP contribution in [0.4, 0.5) is 0 Å². The van der Waals surface area contributed by atoms with Crippen LogP contribution in [0.15, 0.2) is 10.6 Å². The molecule has 2 heterocycles. The van der Waals surface area contributed by atoms with Crippen LogP contribution in [0.2, 0.25) is 0 Å². The first-order valence-corrected chi connectivity index (χ1v) is 5.88. The fourth-order valence-electron chi connectivity index (χ4n) is 2.82. The predicted molar refractivity (Wildman–Crippen MR) is 59.0 cm³/mol. The molecule has 0 aliphatic carbocycles. The minimum atomic E-state index is -0.682. The third kappa shape index (κ3) is 2.01. The topological polar surface area (TPSA) is 40.5 Å². The number of halogens is 2. The van der Waals surface area contributed by atoms with Crippen LogP contribution < -0.4 is 0 Å². The van der Waals surface area contributed by atoms with Crippen LogP contribution in [-0.2, 0) is 4.79 Å². The lowest BCUT2D eigenvalue weighted by Crippen LogP contribution is -2.33. The molecule has 3 atom stereocenters. The zero-order chi connectivity index (χ0) is 11.0. The van der Waals surface area contributed by atoms with Crippen molar-refractivity contribution in [3.05, 3.63) is 10.6 Å². The Bertz CT molecular complexity index is 306. The van der Waals surface area contributed by atoms with E-state index in [0.717, 1.165) is 19.3 Å². The van der Waals surface area contributed by atoms with E-state index in [1.165, 1.54) is 5.54 Å². The van der Waals surface area contributed by atoms with Crippen LogP contribution in [0.5, 0.6) is 0 Å². The van der Waals surface area contributed by atoms with Crippen molar-refractivity contribution in [1.29, 1.82) is 0 Å². The molecule has 1 N–H and O–H groups in total. The van der Waals surface area contributed by atoms with Crippen molar-refractivity contribution in [2.24, 2.45) is 5.92 Å². The largest absolute Gasteiger partial charge is 0.481 e. The van der Waals surface area contributed by atoms with Crippen LogP contribution in [0.1, 0.15) is 19.3 Å². The number of nitrogens with zero attached hydrogens (tertiary/aromatic N) is 1. The van der Waals surface area contributed by atoms with Gasteiger partial charge >= 0.3 is 5.97 Å². The van der Waals surface area contributed by atoms with Gasteiger partial charge in [-0.1, -0.05) is 23.2 Å². The van der Waals surface area contributed by atoms with E-state index in [-0.39, 0.29) is 12.0 Å². The molecular weight excluding hydrogens is 237 g/mol. The van der Waals surface area contributed by atoms with Crippen LogP contribution in [0.25, 0.3) is 0 Å². The molecule has 2 bridgehead atoms. The Hall–Kier alpha value is -0.250. The van der Waals surface area contributed by atoms with E-state index in [1.807, 2.05) is 0 Å². The molecule has 0 amide bonds. The molecule has 84 valence electrons. The van der Waals surface area contributed by atoms with Gasteiger partial charge in [-0.15, -0.1) is 0 Å². The average Bonchev–Trinajstić information content (AvgIpc) is 2.75. The Morgan fingerprint density at radius 2 is 2.27 bits per heavy atom. The molecule has 2 aliphatic rings. The van der Waals surface area contributed by atoms with E-state index >= 15 is 0 Å². The second-order valence-corrected chi connectivity index (χ2v) is 4.91. The van der Waals surface area contributed by atoms with Gasteiger partial charge in [0.05, 0.1) is 5.92 Å². The summed E-state index contributed by atoms with van der Waals surface area (Å²) in [6, 6.07) is 0.527. The highest BCUT2D eigenvalue weighted by Crippen LogP contribution is 2.42. The van der Waals surface area contributed by atoms with Crippen LogP contribution >= 0.6 is 23.2 Å². The molecule has 2 saturated heterocycles. The first kappa shape index (κ1) is 11.2. The van der Waals surface area contributed by atoms with Gasteiger partial charge in [0.25, 0.3) is 0 Å². The number of hydrogen-bond acceptors (Lipinski definition) is 2. The van der Waals surface area contributed by atoms with Crippen LogP contribution in [0.3, 0.4) is 0 Å². The summed E-state index contributed by atoms with van der Waals surface area (Å²) in [7, 11) is 0. The zero-order valence-corrected chi connectivity index (χ0v) is 9.71. The number of carboxylic acid groups (broad SMARTS) is 1. The third-order valence-corrected chi connectivity index (χ3v) is 4.05. The summed E-state index contributed by atoms with van der Waals surface area (Å²) in [5, 5.41) is 9.63. The van der Waals surface area contributed by atoms with Gasteiger partial charge in [-0.3, -0.25) is 9.69 Å². The van der Waals surface area contributed by atoms with Crippen molar-refractivity contribution in [3.63, 3.8) is 0 Å². The minimum Gasteiger partial charge on any atom is -0.481 e. The van der Waals surface area contributed by atoms with Crippen molar-refractivity contribution in [3.8, 4) is 0 Å². The maximum absolute atomic E-state index is 11.0. The summed E-state index contributed by atoms with van der Waals surface area (Å²) in [5.41, 5.74) is 1.36. The van der Waals surface area contributed by atoms with Crippen molar-refractivity contribution >= 4 is 29.2 Å². The number of fused-ring (bicyclic) bond motifs is 2. The molecule has 2 rings (SSSR count). The molecule has 3 nitrogen and oxygen atoms in total. The van der Waals surface area contributed by atoms with Gasteiger partial charge in [0, 0.05) is 29.2 Å². The first-order chi connectivity index (χ1) is 7.13. The monoisotopic (exact) mass is 249 g/mol. The van der Waals surface area contributed by atoms with Gasteiger partial charge in [0.1, 0.15) is 0 Å². The van der Waals surface area contributed by atoms with Crippen molar-refractivity contribution < 1.29 is 9.90 Å². The van der Waals surface area contributed by atoms with Gasteiger partial charge in [-0.05, 0) is 19.3 Å². The Kier molecular flexibility index (Phi) is 3.24. The zero-order valence-electron chi connectivity index (χ0n) is 8.20. The lowest BCUT2D eigenvalue weighted by atomic mass is 9.89. The molecule has 5 heteroatoms. The molecule has 0 aromatic heterocycles. The number of hydrogen-bond donors (Lipinski definition) is 1. The molecule has 0 radical (unpaired) electrons. The lowest BCUT2D eigenvalue weighted by molar-refractivity contribution is -0.142. The van der Waals surface area contributed by atoms with Gasteiger partial charge in [0.2, 0.25) is 0 Å². The fourth-order valence-corrected chi connectivity index (χ4v) is 3.03. The fraction of sp³-hybridized carbons (Fsp3) is 0.700. The van der Waals surface area contributed by atoms with Crippen molar-refractivity contribution in [2.75, 3.05) is 6.54 Å². The second-order valence-electron chi connectivity index (χ2n) is 4.21. The molecule has 3 unspecified atom stereocenters.